The zero-order chi connectivity index (χ0) is 23.6. The van der Waals surface area contributed by atoms with Gasteiger partial charge in [-0.25, -0.2) is 0 Å². The van der Waals surface area contributed by atoms with Crippen LogP contribution in [0.1, 0.15) is 110 Å². The summed E-state index contributed by atoms with van der Waals surface area (Å²) in [7, 11) is 0. The van der Waals surface area contributed by atoms with E-state index in [0.29, 0.717) is 5.92 Å². The molecular formula is C28H48N2O2. The van der Waals surface area contributed by atoms with Crippen molar-refractivity contribution in [3.05, 3.63) is 29.8 Å². The number of nitrogens with zero attached hydrogens (tertiary/aromatic N) is 1. The van der Waals surface area contributed by atoms with E-state index in [1.54, 1.807) is 0 Å². The maximum absolute atomic E-state index is 12.2. The van der Waals surface area contributed by atoms with E-state index in [9.17, 15) is 9.90 Å². The largest absolute Gasteiger partial charge is 0.480 e. The third-order valence-corrected chi connectivity index (χ3v) is 7.89. The summed E-state index contributed by atoms with van der Waals surface area (Å²) in [5.74, 6) is -0.398. The van der Waals surface area contributed by atoms with Gasteiger partial charge in [0.2, 0.25) is 0 Å². The second-order valence-electron chi connectivity index (χ2n) is 10.0. The molecule has 0 saturated heterocycles. The highest BCUT2D eigenvalue weighted by atomic mass is 16.4. The van der Waals surface area contributed by atoms with Crippen LogP contribution in [0.15, 0.2) is 24.3 Å². The van der Waals surface area contributed by atoms with Gasteiger partial charge in [-0.1, -0.05) is 97.3 Å². The van der Waals surface area contributed by atoms with Crippen molar-refractivity contribution in [2.75, 3.05) is 11.4 Å². The molecule has 0 bridgehead atoms. The van der Waals surface area contributed by atoms with Crippen LogP contribution in [0, 0.1) is 5.92 Å². The molecule has 0 radical (unpaired) electrons. The smallest absolute Gasteiger partial charge is 0.323 e. The van der Waals surface area contributed by atoms with Gasteiger partial charge in [0.05, 0.1) is 5.54 Å². The lowest BCUT2D eigenvalue weighted by molar-refractivity contribution is -0.135. The van der Waals surface area contributed by atoms with Gasteiger partial charge in [-0.15, -0.1) is 0 Å². The standard InChI is InChI=1S/C28H48N2O2/c1-5-9-16-24-21-23-15-13-14-17-25(23)30(22-26(31)32)27(18-10-6-2,19-11-7-3)28(24,29)20-12-8-4/h13-15,17,24H,5-12,16,18-22,29H2,1-4H3,(H,31,32)/t24?,28-/m0/s1. The zero-order valence-corrected chi connectivity index (χ0v) is 21.2. The predicted molar refractivity (Wildman–Crippen MR) is 136 cm³/mol. The monoisotopic (exact) mass is 444 g/mol. The van der Waals surface area contributed by atoms with Crippen LogP contribution in [0.5, 0.6) is 0 Å². The molecule has 0 aromatic heterocycles. The molecule has 0 fully saturated rings. The van der Waals surface area contributed by atoms with Crippen LogP contribution < -0.4 is 10.6 Å². The molecule has 4 nitrogen and oxygen atoms in total. The minimum atomic E-state index is -0.762. The Morgan fingerprint density at radius 2 is 1.53 bits per heavy atom. The summed E-state index contributed by atoms with van der Waals surface area (Å²) in [6.07, 6.45) is 13.9. The van der Waals surface area contributed by atoms with Gasteiger partial charge < -0.3 is 15.7 Å². The summed E-state index contributed by atoms with van der Waals surface area (Å²) in [5.41, 5.74) is 9.34. The van der Waals surface area contributed by atoms with E-state index in [2.05, 4.69) is 56.9 Å². The number of carboxylic acid groups (broad SMARTS) is 1. The number of anilines is 1. The molecule has 1 aromatic rings. The summed E-state index contributed by atoms with van der Waals surface area (Å²) in [6.45, 7) is 8.99. The molecule has 0 saturated carbocycles. The van der Waals surface area contributed by atoms with E-state index in [0.717, 1.165) is 82.7 Å². The molecule has 3 N–H and O–H groups in total. The number of hydrogen-bond donors (Lipinski definition) is 2. The third-order valence-electron chi connectivity index (χ3n) is 7.89. The highest BCUT2D eigenvalue weighted by Gasteiger charge is 2.56. The fourth-order valence-corrected chi connectivity index (χ4v) is 6.14. The van der Waals surface area contributed by atoms with Gasteiger partial charge in [0, 0.05) is 11.2 Å². The van der Waals surface area contributed by atoms with E-state index in [1.807, 2.05) is 0 Å². The molecule has 0 aliphatic carbocycles. The van der Waals surface area contributed by atoms with E-state index in [4.69, 9.17) is 5.73 Å². The first-order valence-electron chi connectivity index (χ1n) is 13.3. The van der Waals surface area contributed by atoms with Gasteiger partial charge in [0.15, 0.2) is 0 Å². The second-order valence-corrected chi connectivity index (χ2v) is 10.0. The summed E-state index contributed by atoms with van der Waals surface area (Å²) >= 11 is 0. The number of unbranched alkanes of at least 4 members (excludes halogenated alkanes) is 4. The number of rotatable bonds is 14. The van der Waals surface area contributed by atoms with Gasteiger partial charge >= 0.3 is 5.97 Å². The van der Waals surface area contributed by atoms with E-state index >= 15 is 0 Å². The van der Waals surface area contributed by atoms with E-state index in [1.165, 1.54) is 12.0 Å². The first-order chi connectivity index (χ1) is 15.4. The zero-order valence-electron chi connectivity index (χ0n) is 21.2. The van der Waals surface area contributed by atoms with E-state index < -0.39 is 11.5 Å². The first-order valence-corrected chi connectivity index (χ1v) is 13.3. The Hall–Kier alpha value is -1.55. The number of carboxylic acids is 1. The minimum absolute atomic E-state index is 0.0238. The molecule has 1 heterocycles. The Morgan fingerprint density at radius 1 is 0.969 bits per heavy atom. The van der Waals surface area contributed by atoms with Crippen LogP contribution in [-0.2, 0) is 11.2 Å². The topological polar surface area (TPSA) is 66.6 Å². The number of nitrogens with two attached hydrogens (primary N) is 1. The Kier molecular flexibility index (Phi) is 10.5. The fourth-order valence-electron chi connectivity index (χ4n) is 6.14. The van der Waals surface area contributed by atoms with Crippen molar-refractivity contribution < 1.29 is 9.90 Å². The highest BCUT2D eigenvalue weighted by molar-refractivity contribution is 5.76. The summed E-state index contributed by atoms with van der Waals surface area (Å²) in [6, 6.07) is 8.52. The van der Waals surface area contributed by atoms with Crippen molar-refractivity contribution in [3.8, 4) is 0 Å². The quantitative estimate of drug-likeness (QED) is 0.326. The Labute approximate surface area is 197 Å². The van der Waals surface area contributed by atoms with Crippen molar-refractivity contribution in [3.63, 3.8) is 0 Å². The number of carbonyl (C=O) groups is 1. The molecule has 0 amide bonds. The summed E-state index contributed by atoms with van der Waals surface area (Å²) < 4.78 is 0. The number of aliphatic carboxylic acids is 1. The lowest BCUT2D eigenvalue weighted by atomic mass is 9.60. The molecule has 1 unspecified atom stereocenters. The van der Waals surface area contributed by atoms with Crippen LogP contribution in [0.2, 0.25) is 0 Å². The van der Waals surface area contributed by atoms with Gasteiger partial charge in [0.1, 0.15) is 6.54 Å². The van der Waals surface area contributed by atoms with Crippen LogP contribution in [0.4, 0.5) is 5.69 Å². The van der Waals surface area contributed by atoms with Gasteiger partial charge in [-0.05, 0) is 49.7 Å². The molecule has 4 heteroatoms. The van der Waals surface area contributed by atoms with Crippen molar-refractivity contribution in [2.24, 2.45) is 11.7 Å². The van der Waals surface area contributed by atoms with Crippen molar-refractivity contribution in [1.29, 1.82) is 0 Å². The fraction of sp³-hybridized carbons (Fsp3) is 0.750. The maximum atomic E-state index is 12.2. The molecule has 32 heavy (non-hydrogen) atoms. The number of fused-ring (bicyclic) bond motifs is 1. The average molecular weight is 445 g/mol. The minimum Gasteiger partial charge on any atom is -0.480 e. The molecule has 0 spiro atoms. The summed E-state index contributed by atoms with van der Waals surface area (Å²) in [4.78, 5) is 14.5. The molecule has 2 atom stereocenters. The molecule has 2 rings (SSSR count). The van der Waals surface area contributed by atoms with Crippen LogP contribution in [-0.4, -0.2) is 28.7 Å². The summed E-state index contributed by atoms with van der Waals surface area (Å²) in [5, 5.41) is 10.0. The van der Waals surface area contributed by atoms with Crippen molar-refractivity contribution in [2.45, 2.75) is 122 Å². The van der Waals surface area contributed by atoms with Gasteiger partial charge in [-0.2, -0.15) is 0 Å². The Bertz CT molecular complexity index is 696. The maximum Gasteiger partial charge on any atom is 0.323 e. The lowest BCUT2D eigenvalue weighted by Gasteiger charge is -2.57. The third kappa shape index (κ3) is 5.68. The van der Waals surface area contributed by atoms with Crippen LogP contribution in [0.3, 0.4) is 0 Å². The average Bonchev–Trinajstić information content (AvgIpc) is 2.86. The molecule has 1 aliphatic heterocycles. The number of para-hydroxylation sites is 1. The van der Waals surface area contributed by atoms with Gasteiger partial charge in [0.25, 0.3) is 0 Å². The lowest BCUT2D eigenvalue weighted by Crippen LogP contribution is -2.72. The van der Waals surface area contributed by atoms with E-state index in [-0.39, 0.29) is 12.1 Å². The van der Waals surface area contributed by atoms with Crippen molar-refractivity contribution in [1.82, 2.24) is 0 Å². The highest BCUT2D eigenvalue weighted by Crippen LogP contribution is 2.51. The molecule has 1 aliphatic rings. The second kappa shape index (κ2) is 12.6. The number of hydrogen-bond acceptors (Lipinski definition) is 3. The SMILES string of the molecule is CCCCC1Cc2ccccc2N(CC(=O)O)C(CCCC)(CCCC)[C@]1(N)CCCC. The molecule has 1 aromatic carbocycles. The molecule has 182 valence electrons. The Morgan fingerprint density at radius 3 is 2.09 bits per heavy atom. The first kappa shape index (κ1) is 26.7. The van der Waals surface area contributed by atoms with Crippen molar-refractivity contribution >= 4 is 11.7 Å². The molecular weight excluding hydrogens is 396 g/mol. The number of benzene rings is 1. The normalized spacial score (nSPS) is 22.4. The predicted octanol–water partition coefficient (Wildman–Crippen LogP) is 6.95. The van der Waals surface area contributed by atoms with Gasteiger partial charge in [-0.3, -0.25) is 4.79 Å². The Balaban J connectivity index is 2.80. The van der Waals surface area contributed by atoms with Crippen LogP contribution in [0.25, 0.3) is 0 Å². The van der Waals surface area contributed by atoms with Crippen LogP contribution >= 0.6 is 0 Å².